The van der Waals surface area contributed by atoms with Crippen LogP contribution in [0.2, 0.25) is 0 Å². The van der Waals surface area contributed by atoms with Crippen molar-refractivity contribution in [3.8, 4) is 0 Å². The van der Waals surface area contributed by atoms with Crippen molar-refractivity contribution < 1.29 is 23.8 Å². The van der Waals surface area contributed by atoms with E-state index in [-0.39, 0.29) is 31.6 Å². The summed E-state index contributed by atoms with van der Waals surface area (Å²) < 4.78 is 17.3. The first-order valence-electron chi connectivity index (χ1n) is 27.1. The fraction of sp³-hybridized carbons (Fsp3) is 0.639. The van der Waals surface area contributed by atoms with Crippen LogP contribution in [0.25, 0.3) is 0 Å². The molecule has 66 heavy (non-hydrogen) atoms. The molecule has 0 saturated carbocycles. The van der Waals surface area contributed by atoms with E-state index in [0.717, 1.165) is 96.3 Å². The van der Waals surface area contributed by atoms with E-state index in [0.29, 0.717) is 19.4 Å². The van der Waals surface area contributed by atoms with Crippen LogP contribution in [0, 0.1) is 0 Å². The third-order valence-electron chi connectivity index (χ3n) is 11.0. The molecule has 0 heterocycles. The Bertz CT molecular complexity index is 1350. The van der Waals surface area contributed by atoms with Gasteiger partial charge < -0.3 is 14.2 Å². The van der Waals surface area contributed by atoms with Crippen molar-refractivity contribution in [1.82, 2.24) is 0 Å². The van der Waals surface area contributed by atoms with E-state index in [2.05, 4.69) is 136 Å². The van der Waals surface area contributed by atoms with Gasteiger partial charge in [0.15, 0.2) is 6.10 Å². The van der Waals surface area contributed by atoms with E-state index in [4.69, 9.17) is 14.2 Å². The number of unbranched alkanes of at least 4 members (excludes halogenated alkanes) is 17. The zero-order valence-electron chi connectivity index (χ0n) is 42.9. The summed E-state index contributed by atoms with van der Waals surface area (Å²) in [5.41, 5.74) is 0. The first-order chi connectivity index (χ1) is 32.6. The number of hydrogen-bond acceptors (Lipinski definition) is 5. The molecule has 0 bridgehead atoms. The van der Waals surface area contributed by atoms with E-state index < -0.39 is 6.10 Å². The highest BCUT2D eigenvalue weighted by Crippen LogP contribution is 2.13. The average molecular weight is 913 g/mol. The van der Waals surface area contributed by atoms with Gasteiger partial charge in [-0.2, -0.15) is 0 Å². The predicted octanol–water partition coefficient (Wildman–Crippen LogP) is 18.6. The molecule has 0 radical (unpaired) electrons. The van der Waals surface area contributed by atoms with Crippen molar-refractivity contribution in [2.45, 2.75) is 232 Å². The number of hydrogen-bond donors (Lipinski definition) is 0. The number of carbonyl (C=O) groups is 2. The van der Waals surface area contributed by atoms with Gasteiger partial charge in [-0.25, -0.2) is 0 Å². The molecule has 374 valence electrons. The van der Waals surface area contributed by atoms with Crippen molar-refractivity contribution in [2.24, 2.45) is 0 Å². The average Bonchev–Trinajstić information content (AvgIpc) is 3.32. The van der Waals surface area contributed by atoms with Gasteiger partial charge in [-0.3, -0.25) is 9.59 Å². The molecule has 0 amide bonds. The van der Waals surface area contributed by atoms with Gasteiger partial charge in [0.1, 0.15) is 6.61 Å². The summed E-state index contributed by atoms with van der Waals surface area (Å²) in [6.07, 6.45) is 78.1. The second kappa shape index (κ2) is 55.6. The molecule has 1 unspecified atom stereocenters. The second-order valence-electron chi connectivity index (χ2n) is 17.4. The Kier molecular flexibility index (Phi) is 52.5. The number of esters is 2. The molecule has 0 rings (SSSR count). The van der Waals surface area contributed by atoms with Crippen LogP contribution in [-0.2, 0) is 23.8 Å². The van der Waals surface area contributed by atoms with Crippen LogP contribution in [0.5, 0.6) is 0 Å². The maximum absolute atomic E-state index is 12.8. The Hall–Kier alpha value is -3.70. The van der Waals surface area contributed by atoms with E-state index in [1.807, 2.05) is 6.08 Å². The Morgan fingerprint density at radius 1 is 0.348 bits per heavy atom. The van der Waals surface area contributed by atoms with Crippen LogP contribution in [0.15, 0.2) is 122 Å². The smallest absolute Gasteiger partial charge is 0.306 e. The largest absolute Gasteiger partial charge is 0.462 e. The van der Waals surface area contributed by atoms with Gasteiger partial charge in [0.2, 0.25) is 0 Å². The summed E-state index contributed by atoms with van der Waals surface area (Å²) in [5.74, 6) is -0.523. The lowest BCUT2D eigenvalue weighted by atomic mass is 10.1. The minimum Gasteiger partial charge on any atom is -0.462 e. The maximum Gasteiger partial charge on any atom is 0.306 e. The third-order valence-corrected chi connectivity index (χ3v) is 11.0. The Morgan fingerprint density at radius 2 is 0.712 bits per heavy atom. The minimum absolute atomic E-state index is 0.0312. The molecule has 5 nitrogen and oxygen atoms in total. The number of ether oxygens (including phenoxy) is 3. The fourth-order valence-corrected chi connectivity index (χ4v) is 7.01. The highest BCUT2D eigenvalue weighted by Gasteiger charge is 2.17. The van der Waals surface area contributed by atoms with Crippen LogP contribution in [0.3, 0.4) is 0 Å². The predicted molar refractivity (Wildman–Crippen MR) is 288 cm³/mol. The summed E-state index contributed by atoms with van der Waals surface area (Å²) in [7, 11) is 0. The fourth-order valence-electron chi connectivity index (χ4n) is 7.01. The molecule has 0 aliphatic carbocycles. The van der Waals surface area contributed by atoms with Crippen molar-refractivity contribution in [3.05, 3.63) is 122 Å². The first kappa shape index (κ1) is 62.3. The van der Waals surface area contributed by atoms with Crippen molar-refractivity contribution in [1.29, 1.82) is 0 Å². The van der Waals surface area contributed by atoms with Crippen LogP contribution < -0.4 is 0 Å². The van der Waals surface area contributed by atoms with Crippen molar-refractivity contribution in [3.63, 3.8) is 0 Å². The summed E-state index contributed by atoms with van der Waals surface area (Å²) in [6.45, 7) is 7.41. The quantitative estimate of drug-likeness (QED) is 0.0346. The minimum atomic E-state index is -0.606. The number of rotatable bonds is 48. The van der Waals surface area contributed by atoms with Crippen LogP contribution in [0.4, 0.5) is 0 Å². The molecular formula is C61H100O5. The van der Waals surface area contributed by atoms with Crippen LogP contribution >= 0.6 is 0 Å². The Labute approximate surface area is 407 Å². The highest BCUT2D eigenvalue weighted by atomic mass is 16.6. The summed E-state index contributed by atoms with van der Waals surface area (Å²) in [6, 6.07) is 0. The van der Waals surface area contributed by atoms with Gasteiger partial charge in [0.25, 0.3) is 0 Å². The Balaban J connectivity index is 4.41. The monoisotopic (exact) mass is 913 g/mol. The molecule has 0 spiro atoms. The summed E-state index contributed by atoms with van der Waals surface area (Å²) in [4.78, 5) is 25.4. The molecule has 0 aromatic carbocycles. The lowest BCUT2D eigenvalue weighted by molar-refractivity contribution is -0.162. The number of carbonyl (C=O) groups excluding carboxylic acids is 2. The van der Waals surface area contributed by atoms with Crippen LogP contribution in [0.1, 0.15) is 226 Å². The zero-order chi connectivity index (χ0) is 47.7. The lowest BCUT2D eigenvalue weighted by Crippen LogP contribution is -2.30. The van der Waals surface area contributed by atoms with Gasteiger partial charge in [0.05, 0.1) is 6.61 Å². The van der Waals surface area contributed by atoms with E-state index in [9.17, 15) is 9.59 Å². The Morgan fingerprint density at radius 3 is 1.17 bits per heavy atom. The first-order valence-corrected chi connectivity index (χ1v) is 27.1. The lowest BCUT2D eigenvalue weighted by Gasteiger charge is -2.18. The highest BCUT2D eigenvalue weighted by molar-refractivity contribution is 5.70. The molecule has 0 saturated heterocycles. The van der Waals surface area contributed by atoms with Gasteiger partial charge in [-0.05, 0) is 116 Å². The molecule has 0 aliphatic rings. The standard InChI is InChI=1S/C61H100O5/c1-4-7-10-13-16-19-22-25-27-29-31-32-34-37-39-42-45-48-51-54-60(62)65-58-59(66-61(63)55-52-49-46-43-40-36-24-21-18-15-12-9-6-3)57-64-56-53-50-47-44-41-38-35-33-30-28-26-23-20-17-14-11-8-5-2/h8-9,11-12,17-18,20-21,25-28,33,35-36,40-41,44,46,49,59H,4-7,10,13-16,19,22-24,29-32,34,37-39,42-43,45,47-48,50-58H2,1-3H3/b11-8-,12-9-,20-17-,21-18-,27-25-,28-26-,35-33-,40-36-,44-41-,49-46-. The third kappa shape index (κ3) is 52.9. The summed E-state index contributed by atoms with van der Waals surface area (Å²) in [5, 5.41) is 0. The van der Waals surface area contributed by atoms with Gasteiger partial charge >= 0.3 is 11.9 Å². The van der Waals surface area contributed by atoms with Crippen molar-refractivity contribution in [2.75, 3.05) is 19.8 Å². The molecule has 0 aromatic heterocycles. The molecule has 1 atom stereocenters. The van der Waals surface area contributed by atoms with Gasteiger partial charge in [-0.1, -0.05) is 219 Å². The molecule has 0 aliphatic heterocycles. The van der Waals surface area contributed by atoms with E-state index in [1.54, 1.807) is 0 Å². The van der Waals surface area contributed by atoms with Crippen LogP contribution in [-0.4, -0.2) is 37.9 Å². The maximum atomic E-state index is 12.8. The molecule has 0 N–H and O–H groups in total. The van der Waals surface area contributed by atoms with Gasteiger partial charge in [-0.15, -0.1) is 0 Å². The summed E-state index contributed by atoms with van der Waals surface area (Å²) >= 11 is 0. The number of allylic oxidation sites excluding steroid dienone is 20. The molecule has 5 heteroatoms. The van der Waals surface area contributed by atoms with Crippen molar-refractivity contribution >= 4 is 11.9 Å². The van der Waals surface area contributed by atoms with E-state index >= 15 is 0 Å². The zero-order valence-corrected chi connectivity index (χ0v) is 42.9. The SMILES string of the molecule is CC/C=C\C/C=C\C/C=C\C/C=C\C/C=C\CCCCOCC(COC(=O)CCCCCCCCCCC/C=C\CCCCCCCC)OC(=O)CC/C=C\C/C=C\C/C=C\C/C=C\CC. The molecular weight excluding hydrogens is 813 g/mol. The second-order valence-corrected chi connectivity index (χ2v) is 17.4. The normalized spacial score (nSPS) is 13.2. The van der Waals surface area contributed by atoms with E-state index in [1.165, 1.54) is 89.9 Å². The molecule has 0 fully saturated rings. The topological polar surface area (TPSA) is 61.8 Å². The van der Waals surface area contributed by atoms with Gasteiger partial charge in [0, 0.05) is 19.4 Å². The molecule has 0 aromatic rings.